The first kappa shape index (κ1) is 23.1. The number of hydrogen-bond donors (Lipinski definition) is 2. The van der Waals surface area contributed by atoms with Gasteiger partial charge in [0.15, 0.2) is 0 Å². The van der Waals surface area contributed by atoms with Gasteiger partial charge in [0.2, 0.25) is 0 Å². The van der Waals surface area contributed by atoms with Gasteiger partial charge in [-0.2, -0.15) is 8.42 Å². The van der Waals surface area contributed by atoms with Crippen molar-refractivity contribution in [3.05, 3.63) is 0 Å². The molecule has 0 bridgehead atoms. The van der Waals surface area contributed by atoms with Crippen LogP contribution >= 0.6 is 0 Å². The molecule has 21 heavy (non-hydrogen) atoms. The maximum absolute atomic E-state index is 10.8. The van der Waals surface area contributed by atoms with Crippen LogP contribution in [0.15, 0.2) is 0 Å². The molecule has 0 aromatic rings. The van der Waals surface area contributed by atoms with Crippen molar-refractivity contribution < 1.29 is 17.7 Å². The summed E-state index contributed by atoms with van der Waals surface area (Å²) < 4.78 is 36.0. The van der Waals surface area contributed by atoms with Crippen LogP contribution in [0.25, 0.3) is 0 Å². The van der Waals surface area contributed by atoms with E-state index in [0.717, 1.165) is 19.3 Å². The second kappa shape index (κ2) is 14.8. The second-order valence-corrected chi connectivity index (χ2v) is 7.05. The molecular weight excluding hydrogens is 290 g/mol. The SMILES string of the molecule is CCCCCCCCCC(CCS(=O)(=O)O)OCCC.N. The predicted molar refractivity (Wildman–Crippen MR) is 88.7 cm³/mol. The molecule has 0 aromatic carbocycles. The number of unbranched alkanes of at least 4 members (excludes halogenated alkanes) is 6. The Morgan fingerprint density at radius 3 is 2.00 bits per heavy atom. The van der Waals surface area contributed by atoms with Gasteiger partial charge in [-0.15, -0.1) is 0 Å². The summed E-state index contributed by atoms with van der Waals surface area (Å²) in [5.41, 5.74) is 0. The average molecular weight is 326 g/mol. The first-order valence-electron chi connectivity index (χ1n) is 8.06. The predicted octanol–water partition coefficient (Wildman–Crippen LogP) is 4.36. The summed E-state index contributed by atoms with van der Waals surface area (Å²) in [6.45, 7) is 4.91. The summed E-state index contributed by atoms with van der Waals surface area (Å²) >= 11 is 0. The summed E-state index contributed by atoms with van der Waals surface area (Å²) in [7, 11) is -3.87. The van der Waals surface area contributed by atoms with Crippen LogP contribution in [0.4, 0.5) is 0 Å². The minimum absolute atomic E-state index is 0. The van der Waals surface area contributed by atoms with Crippen molar-refractivity contribution in [1.82, 2.24) is 6.15 Å². The highest BCUT2D eigenvalue weighted by atomic mass is 32.2. The van der Waals surface area contributed by atoms with Gasteiger partial charge >= 0.3 is 0 Å². The van der Waals surface area contributed by atoms with Gasteiger partial charge in [-0.25, -0.2) is 0 Å². The first-order chi connectivity index (χ1) is 9.49. The van der Waals surface area contributed by atoms with E-state index in [1.165, 1.54) is 38.5 Å². The second-order valence-electron chi connectivity index (χ2n) is 5.48. The highest BCUT2D eigenvalue weighted by Gasteiger charge is 2.13. The number of hydrogen-bond acceptors (Lipinski definition) is 4. The van der Waals surface area contributed by atoms with Gasteiger partial charge < -0.3 is 10.9 Å². The van der Waals surface area contributed by atoms with Crippen molar-refractivity contribution in [3.63, 3.8) is 0 Å². The van der Waals surface area contributed by atoms with Crippen LogP contribution in [-0.2, 0) is 14.9 Å². The molecular formula is C15H35NO4S. The van der Waals surface area contributed by atoms with Gasteiger partial charge in [0.25, 0.3) is 10.1 Å². The van der Waals surface area contributed by atoms with Crippen LogP contribution in [0, 0.1) is 0 Å². The Labute approximate surface area is 131 Å². The summed E-state index contributed by atoms with van der Waals surface area (Å²) in [6.07, 6.45) is 10.9. The Kier molecular flexibility index (Phi) is 16.2. The normalized spacial score (nSPS) is 12.9. The molecule has 1 unspecified atom stereocenters. The van der Waals surface area contributed by atoms with E-state index < -0.39 is 10.1 Å². The molecule has 0 heterocycles. The fourth-order valence-electron chi connectivity index (χ4n) is 2.21. The molecule has 0 saturated heterocycles. The molecule has 6 heteroatoms. The lowest BCUT2D eigenvalue weighted by Crippen LogP contribution is -2.18. The molecule has 1 atom stereocenters. The molecule has 0 saturated carbocycles. The standard InChI is InChI=1S/C15H32O4S.H3N/c1-3-5-6-7-8-9-10-11-15(19-13-4-2)12-14-20(16,17)18;/h15H,3-14H2,1-2H3,(H,16,17,18);1H3. The van der Waals surface area contributed by atoms with Crippen LogP contribution in [0.1, 0.15) is 78.1 Å². The maximum atomic E-state index is 10.8. The van der Waals surface area contributed by atoms with Crippen molar-refractivity contribution in [1.29, 1.82) is 0 Å². The molecule has 0 rings (SSSR count). The highest BCUT2D eigenvalue weighted by molar-refractivity contribution is 7.85. The van der Waals surface area contributed by atoms with E-state index in [4.69, 9.17) is 9.29 Å². The summed E-state index contributed by atoms with van der Waals surface area (Å²) in [6, 6.07) is 0. The van der Waals surface area contributed by atoms with Crippen LogP contribution < -0.4 is 6.15 Å². The van der Waals surface area contributed by atoms with Gasteiger partial charge in [0.1, 0.15) is 0 Å². The third kappa shape index (κ3) is 17.8. The quantitative estimate of drug-likeness (QED) is 0.365. The lowest BCUT2D eigenvalue weighted by Gasteiger charge is -2.17. The van der Waals surface area contributed by atoms with E-state index >= 15 is 0 Å². The third-order valence-electron chi connectivity index (χ3n) is 3.39. The van der Waals surface area contributed by atoms with E-state index in [1.54, 1.807) is 0 Å². The van der Waals surface area contributed by atoms with E-state index in [1.807, 2.05) is 6.92 Å². The molecule has 0 aliphatic heterocycles. The minimum atomic E-state index is -3.87. The molecule has 0 amide bonds. The number of ether oxygens (including phenoxy) is 1. The average Bonchev–Trinajstić information content (AvgIpc) is 2.39. The highest BCUT2D eigenvalue weighted by Crippen LogP contribution is 2.14. The third-order valence-corrected chi connectivity index (χ3v) is 4.14. The van der Waals surface area contributed by atoms with Crippen molar-refractivity contribution >= 4 is 10.1 Å². The largest absolute Gasteiger partial charge is 0.378 e. The Balaban J connectivity index is 0. The van der Waals surface area contributed by atoms with Crippen LogP contribution in [-0.4, -0.2) is 31.4 Å². The van der Waals surface area contributed by atoms with Crippen molar-refractivity contribution in [3.8, 4) is 0 Å². The van der Waals surface area contributed by atoms with Crippen LogP contribution in [0.5, 0.6) is 0 Å². The molecule has 4 N–H and O–H groups in total. The zero-order valence-electron chi connectivity index (χ0n) is 13.8. The van der Waals surface area contributed by atoms with Gasteiger partial charge in [0, 0.05) is 6.61 Å². The maximum Gasteiger partial charge on any atom is 0.264 e. The van der Waals surface area contributed by atoms with Gasteiger partial charge in [0.05, 0.1) is 11.9 Å². The smallest absolute Gasteiger partial charge is 0.264 e. The van der Waals surface area contributed by atoms with Gasteiger partial charge in [-0.3, -0.25) is 4.55 Å². The lowest BCUT2D eigenvalue weighted by atomic mass is 10.1. The van der Waals surface area contributed by atoms with Gasteiger partial charge in [-0.05, 0) is 19.3 Å². The molecule has 0 aliphatic rings. The van der Waals surface area contributed by atoms with Crippen molar-refractivity contribution in [2.45, 2.75) is 84.2 Å². The topological polar surface area (TPSA) is 98.6 Å². The fourth-order valence-corrected chi connectivity index (χ4v) is 2.77. The van der Waals surface area contributed by atoms with E-state index in [0.29, 0.717) is 13.0 Å². The Bertz CT molecular complexity index is 307. The Morgan fingerprint density at radius 2 is 1.48 bits per heavy atom. The van der Waals surface area contributed by atoms with E-state index in [2.05, 4.69) is 6.92 Å². The molecule has 0 fully saturated rings. The first-order valence-corrected chi connectivity index (χ1v) is 9.67. The fraction of sp³-hybridized carbons (Fsp3) is 1.00. The zero-order valence-corrected chi connectivity index (χ0v) is 14.7. The van der Waals surface area contributed by atoms with E-state index in [-0.39, 0.29) is 18.0 Å². The number of rotatable bonds is 14. The monoisotopic (exact) mass is 325 g/mol. The summed E-state index contributed by atoms with van der Waals surface area (Å²) in [5, 5.41) is 0. The molecule has 0 aromatic heterocycles. The zero-order chi connectivity index (χ0) is 15.3. The summed E-state index contributed by atoms with van der Waals surface area (Å²) in [5.74, 6) is -0.197. The molecule has 5 nitrogen and oxygen atoms in total. The Hall–Kier alpha value is -0.170. The molecule has 130 valence electrons. The molecule has 0 spiro atoms. The lowest BCUT2D eigenvalue weighted by molar-refractivity contribution is 0.0438. The van der Waals surface area contributed by atoms with Crippen LogP contribution in [0.2, 0.25) is 0 Å². The minimum Gasteiger partial charge on any atom is -0.378 e. The Morgan fingerprint density at radius 1 is 0.905 bits per heavy atom. The molecule has 0 aliphatic carbocycles. The van der Waals surface area contributed by atoms with Crippen molar-refractivity contribution in [2.75, 3.05) is 12.4 Å². The van der Waals surface area contributed by atoms with E-state index in [9.17, 15) is 8.42 Å². The van der Waals surface area contributed by atoms with Crippen LogP contribution in [0.3, 0.4) is 0 Å². The molecule has 0 radical (unpaired) electrons. The summed E-state index contributed by atoms with van der Waals surface area (Å²) in [4.78, 5) is 0. The van der Waals surface area contributed by atoms with Gasteiger partial charge in [-0.1, -0.05) is 58.8 Å². The van der Waals surface area contributed by atoms with Crippen molar-refractivity contribution in [2.24, 2.45) is 0 Å².